The molecule has 0 radical (unpaired) electrons. The standard InChI is InChI=1S/C16H26N2S/c1-12(2)10-13-6-4-7-14(11-13)15(18-17)16(3)8-5-9-19-16/h4,6-7,11-12,15,18H,5,8-10,17H2,1-3H3. The Morgan fingerprint density at radius 3 is 2.79 bits per heavy atom. The van der Waals surface area contributed by atoms with Gasteiger partial charge in [0.15, 0.2) is 0 Å². The van der Waals surface area contributed by atoms with Gasteiger partial charge in [-0.25, -0.2) is 0 Å². The summed E-state index contributed by atoms with van der Waals surface area (Å²) in [6, 6.07) is 9.17. The first kappa shape index (κ1) is 14.9. The van der Waals surface area contributed by atoms with Crippen molar-refractivity contribution in [3.05, 3.63) is 35.4 Å². The van der Waals surface area contributed by atoms with Crippen molar-refractivity contribution in [1.29, 1.82) is 0 Å². The molecule has 3 N–H and O–H groups in total. The van der Waals surface area contributed by atoms with Crippen LogP contribution in [0.15, 0.2) is 24.3 Å². The Morgan fingerprint density at radius 1 is 1.42 bits per heavy atom. The average molecular weight is 278 g/mol. The van der Waals surface area contributed by atoms with Crippen LogP contribution in [0.25, 0.3) is 0 Å². The van der Waals surface area contributed by atoms with Crippen LogP contribution >= 0.6 is 11.8 Å². The molecule has 0 amide bonds. The number of nitrogens with one attached hydrogen (secondary N) is 1. The first-order chi connectivity index (χ1) is 9.05. The molecule has 0 bridgehead atoms. The number of rotatable bonds is 5. The topological polar surface area (TPSA) is 38.0 Å². The number of benzene rings is 1. The molecular weight excluding hydrogens is 252 g/mol. The highest BCUT2D eigenvalue weighted by Crippen LogP contribution is 2.46. The van der Waals surface area contributed by atoms with E-state index in [0.29, 0.717) is 5.92 Å². The molecule has 1 aromatic rings. The Balaban J connectivity index is 2.23. The maximum absolute atomic E-state index is 5.86. The summed E-state index contributed by atoms with van der Waals surface area (Å²) in [5.74, 6) is 7.80. The molecule has 19 heavy (non-hydrogen) atoms. The molecular formula is C16H26N2S. The second-order valence-corrected chi connectivity index (χ2v) is 7.84. The lowest BCUT2D eigenvalue weighted by Crippen LogP contribution is -2.41. The predicted octanol–water partition coefficient (Wildman–Crippen LogP) is 3.68. The average Bonchev–Trinajstić information content (AvgIpc) is 2.77. The molecule has 1 aromatic carbocycles. The van der Waals surface area contributed by atoms with Gasteiger partial charge >= 0.3 is 0 Å². The molecule has 3 heteroatoms. The lowest BCUT2D eigenvalue weighted by molar-refractivity contribution is 0.420. The third-order valence-electron chi connectivity index (χ3n) is 3.95. The summed E-state index contributed by atoms with van der Waals surface area (Å²) in [6.45, 7) is 6.86. The van der Waals surface area contributed by atoms with Gasteiger partial charge in [-0.2, -0.15) is 11.8 Å². The van der Waals surface area contributed by atoms with E-state index >= 15 is 0 Å². The van der Waals surface area contributed by atoms with E-state index in [-0.39, 0.29) is 10.8 Å². The molecule has 2 atom stereocenters. The van der Waals surface area contributed by atoms with Crippen molar-refractivity contribution in [2.24, 2.45) is 11.8 Å². The minimum absolute atomic E-state index is 0.227. The van der Waals surface area contributed by atoms with Gasteiger partial charge in [-0.15, -0.1) is 0 Å². The van der Waals surface area contributed by atoms with Gasteiger partial charge in [0, 0.05) is 4.75 Å². The van der Waals surface area contributed by atoms with Crippen molar-refractivity contribution < 1.29 is 0 Å². The normalized spacial score (nSPS) is 24.9. The number of hydrogen-bond donors (Lipinski definition) is 2. The molecule has 0 saturated carbocycles. The van der Waals surface area contributed by atoms with E-state index in [1.54, 1.807) is 0 Å². The largest absolute Gasteiger partial charge is 0.271 e. The lowest BCUT2D eigenvalue weighted by atomic mass is 9.89. The second-order valence-electron chi connectivity index (χ2n) is 6.21. The van der Waals surface area contributed by atoms with Crippen LogP contribution in [-0.2, 0) is 6.42 Å². The van der Waals surface area contributed by atoms with Crippen LogP contribution in [0.2, 0.25) is 0 Å². The van der Waals surface area contributed by atoms with Crippen molar-refractivity contribution >= 4 is 11.8 Å². The summed E-state index contributed by atoms with van der Waals surface area (Å²) in [5.41, 5.74) is 5.81. The van der Waals surface area contributed by atoms with Gasteiger partial charge in [-0.1, -0.05) is 38.1 Å². The van der Waals surface area contributed by atoms with Crippen LogP contribution in [0.1, 0.15) is 50.8 Å². The van der Waals surface area contributed by atoms with Gasteiger partial charge in [0.25, 0.3) is 0 Å². The highest BCUT2D eigenvalue weighted by atomic mass is 32.2. The van der Waals surface area contributed by atoms with Gasteiger partial charge in [0.1, 0.15) is 0 Å². The minimum Gasteiger partial charge on any atom is -0.271 e. The quantitative estimate of drug-likeness (QED) is 0.637. The molecule has 0 spiro atoms. The van der Waals surface area contributed by atoms with Crippen LogP contribution in [0.5, 0.6) is 0 Å². The minimum atomic E-state index is 0.227. The molecule has 0 aliphatic carbocycles. The summed E-state index contributed by atoms with van der Waals surface area (Å²) in [4.78, 5) is 0. The smallest absolute Gasteiger partial charge is 0.0604 e. The van der Waals surface area contributed by atoms with E-state index in [2.05, 4.69) is 50.5 Å². The number of nitrogens with two attached hydrogens (primary N) is 1. The van der Waals surface area contributed by atoms with E-state index in [4.69, 9.17) is 5.84 Å². The molecule has 1 saturated heterocycles. The van der Waals surface area contributed by atoms with Crippen LogP contribution in [0.4, 0.5) is 0 Å². The SMILES string of the molecule is CC(C)Cc1cccc(C(NN)C2(C)CCCS2)c1. The monoisotopic (exact) mass is 278 g/mol. The van der Waals surface area contributed by atoms with Crippen LogP contribution in [0.3, 0.4) is 0 Å². The van der Waals surface area contributed by atoms with Crippen LogP contribution in [0, 0.1) is 5.92 Å². The molecule has 1 fully saturated rings. The Hall–Kier alpha value is -0.510. The first-order valence-corrected chi connectivity index (χ1v) is 8.22. The fourth-order valence-corrected chi connectivity index (χ4v) is 4.44. The highest BCUT2D eigenvalue weighted by molar-refractivity contribution is 8.00. The Kier molecular flexibility index (Phi) is 4.93. The van der Waals surface area contributed by atoms with Crippen molar-refractivity contribution in [3.63, 3.8) is 0 Å². The Labute approximate surface area is 121 Å². The van der Waals surface area contributed by atoms with Gasteiger partial charge < -0.3 is 0 Å². The predicted molar refractivity (Wildman–Crippen MR) is 85.1 cm³/mol. The summed E-state index contributed by atoms with van der Waals surface area (Å²) in [5, 5.41) is 0. The molecule has 1 heterocycles. The third kappa shape index (κ3) is 3.53. The molecule has 2 unspecified atom stereocenters. The van der Waals surface area contributed by atoms with Crippen LogP contribution in [-0.4, -0.2) is 10.5 Å². The molecule has 0 aromatic heterocycles. The molecule has 2 nitrogen and oxygen atoms in total. The zero-order chi connectivity index (χ0) is 13.9. The molecule has 1 aliphatic rings. The summed E-state index contributed by atoms with van der Waals surface area (Å²) >= 11 is 2.05. The Morgan fingerprint density at radius 2 is 2.21 bits per heavy atom. The van der Waals surface area contributed by atoms with E-state index in [1.807, 2.05) is 11.8 Å². The Bertz CT molecular complexity index is 411. The van der Waals surface area contributed by atoms with Crippen molar-refractivity contribution in [2.45, 2.75) is 50.8 Å². The number of hydrogen-bond acceptors (Lipinski definition) is 3. The maximum Gasteiger partial charge on any atom is 0.0604 e. The third-order valence-corrected chi connectivity index (χ3v) is 5.55. The fourth-order valence-electron chi connectivity index (χ4n) is 3.02. The van der Waals surface area contributed by atoms with E-state index in [1.165, 1.54) is 29.7 Å². The zero-order valence-electron chi connectivity index (χ0n) is 12.3. The van der Waals surface area contributed by atoms with Crippen LogP contribution < -0.4 is 11.3 Å². The van der Waals surface area contributed by atoms with E-state index < -0.39 is 0 Å². The summed E-state index contributed by atoms with van der Waals surface area (Å²) in [6.07, 6.45) is 3.67. The lowest BCUT2D eigenvalue weighted by Gasteiger charge is -2.33. The van der Waals surface area contributed by atoms with Crippen molar-refractivity contribution in [2.75, 3.05) is 5.75 Å². The fraction of sp³-hybridized carbons (Fsp3) is 0.625. The number of thioether (sulfide) groups is 1. The van der Waals surface area contributed by atoms with Crippen molar-refractivity contribution in [3.8, 4) is 0 Å². The van der Waals surface area contributed by atoms with Gasteiger partial charge in [-0.05, 0) is 49.0 Å². The van der Waals surface area contributed by atoms with Gasteiger partial charge in [-0.3, -0.25) is 11.3 Å². The maximum atomic E-state index is 5.86. The molecule has 1 aliphatic heterocycles. The first-order valence-electron chi connectivity index (χ1n) is 7.24. The van der Waals surface area contributed by atoms with Crippen molar-refractivity contribution in [1.82, 2.24) is 5.43 Å². The van der Waals surface area contributed by atoms with Gasteiger partial charge in [0.2, 0.25) is 0 Å². The summed E-state index contributed by atoms with van der Waals surface area (Å²) < 4.78 is 0.227. The molecule has 2 rings (SSSR count). The van der Waals surface area contributed by atoms with Gasteiger partial charge in [0.05, 0.1) is 6.04 Å². The highest BCUT2D eigenvalue weighted by Gasteiger charge is 2.38. The molecule has 106 valence electrons. The van der Waals surface area contributed by atoms with E-state index in [0.717, 1.165) is 6.42 Å². The second kappa shape index (κ2) is 6.29. The van der Waals surface area contributed by atoms with E-state index in [9.17, 15) is 0 Å². The zero-order valence-corrected chi connectivity index (χ0v) is 13.1. The number of hydrazine groups is 1. The summed E-state index contributed by atoms with van der Waals surface area (Å²) in [7, 11) is 0.